The quantitative estimate of drug-likeness (QED) is 0.0125. The third-order valence-corrected chi connectivity index (χ3v) is 15.9. The van der Waals surface area contributed by atoms with Crippen LogP contribution in [0.15, 0.2) is 41.9 Å². The van der Waals surface area contributed by atoms with Gasteiger partial charge in [0.2, 0.25) is 35.1 Å². The van der Waals surface area contributed by atoms with Crippen molar-refractivity contribution in [2.45, 2.75) is 80.9 Å². The number of aliphatic hydroxyl groups is 4. The molecule has 2 saturated heterocycles. The van der Waals surface area contributed by atoms with Gasteiger partial charge in [-0.15, -0.1) is 6.42 Å². The number of hydrogen-bond donors (Lipinski definition) is 15. The van der Waals surface area contributed by atoms with Crippen molar-refractivity contribution in [2.24, 2.45) is 17.2 Å². The number of guanidine groups is 2. The Balaban J connectivity index is 1.07. The van der Waals surface area contributed by atoms with Gasteiger partial charge in [0.15, 0.2) is 18.0 Å². The number of terminal acetylenes is 1. The molecule has 0 unspecified atom stereocenters. The van der Waals surface area contributed by atoms with Gasteiger partial charge in [-0.2, -0.15) is 0 Å². The second-order valence-corrected chi connectivity index (χ2v) is 23.0. The molecule has 4 aliphatic rings. The first-order valence-corrected chi connectivity index (χ1v) is 31.8. The first-order chi connectivity index (χ1) is 46.1. The molecule has 0 aromatic heterocycles. The van der Waals surface area contributed by atoms with Gasteiger partial charge in [-0.05, 0) is 48.3 Å². The molecule has 9 atom stereocenters. The van der Waals surface area contributed by atoms with Crippen LogP contribution in [0, 0.1) is 23.2 Å². The number of nitrogens with one attached hydrogen (secondary N) is 6. The number of ether oxygens (including phenoxy) is 9. The molecule has 0 spiro atoms. The van der Waals surface area contributed by atoms with Crippen molar-refractivity contribution in [2.75, 3.05) is 184 Å². The zero-order valence-corrected chi connectivity index (χ0v) is 54.4. The molecule has 4 heterocycles. The topological polar surface area (TPSA) is 497 Å². The zero-order chi connectivity index (χ0) is 69.9. The van der Waals surface area contributed by atoms with Gasteiger partial charge >= 0.3 is 11.9 Å². The highest BCUT2D eigenvalue weighted by Crippen LogP contribution is 2.28. The first-order valence-electron chi connectivity index (χ1n) is 31.8. The third kappa shape index (κ3) is 28.6. The largest absolute Gasteiger partial charge is 0.491 e. The summed E-state index contributed by atoms with van der Waals surface area (Å²) >= 11 is 0. The van der Waals surface area contributed by atoms with Crippen molar-refractivity contribution in [3.63, 3.8) is 0 Å². The SMILES string of the molecule is C#CCOCCOCCOCCOCCOc1cc(CCN2CCN(CCNC(=O)CO[C@H]([C@H](O)CO)[C@H]3C[C@@H](N(CC(N)=O)C(=N)N)C=C(C(=O)O)O3)CC2)cc(CCN2CCN(CCNC(=O)CO[C@@H]([C@@H]3OC(C(=O)O)=C[C@H](NC(=N)N)[C@H]3NC(C)=O)[C@H](O)CO)CC2)c1. The Hall–Kier alpha value is -7.54. The number of benzene rings is 1. The number of aliphatic hydroxyl groups excluding tert-OH is 4. The highest BCUT2D eigenvalue weighted by molar-refractivity contribution is 5.87. The van der Waals surface area contributed by atoms with E-state index in [0.29, 0.717) is 65.9 Å². The van der Waals surface area contributed by atoms with Crippen LogP contribution < -0.4 is 43.2 Å². The molecule has 538 valence electrons. The number of carboxylic acid groups (broad SMARTS) is 2. The Bertz CT molecular complexity index is 2750. The summed E-state index contributed by atoms with van der Waals surface area (Å²) in [6.07, 6.45) is -0.0627. The van der Waals surface area contributed by atoms with E-state index in [9.17, 15) is 59.4 Å². The molecule has 0 radical (unpaired) electrons. The second-order valence-electron chi connectivity index (χ2n) is 23.0. The van der Waals surface area contributed by atoms with Crippen LogP contribution in [-0.4, -0.2) is 341 Å². The number of nitrogens with zero attached hydrogens (tertiary/aromatic N) is 5. The van der Waals surface area contributed by atoms with Crippen molar-refractivity contribution in [3.8, 4) is 18.1 Å². The van der Waals surface area contributed by atoms with E-state index < -0.39 is 147 Å². The van der Waals surface area contributed by atoms with Gasteiger partial charge in [0.25, 0.3) is 0 Å². The lowest BCUT2D eigenvalue weighted by Crippen LogP contribution is -2.64. The molecule has 5 rings (SSSR count). The average molecular weight is 1360 g/mol. The minimum Gasteiger partial charge on any atom is -0.491 e. The molecule has 4 aliphatic heterocycles. The normalized spacial score (nSPS) is 20.7. The fourth-order valence-electron chi connectivity index (χ4n) is 11.1. The predicted octanol–water partition coefficient (Wildman–Crippen LogP) is -6.68. The number of carbonyl (C=O) groups excluding carboxylic acids is 4. The van der Waals surface area contributed by atoms with Gasteiger partial charge in [-0.25, -0.2) is 9.59 Å². The molecule has 0 saturated carbocycles. The number of rotatable bonds is 45. The molecule has 96 heavy (non-hydrogen) atoms. The molecule has 0 aliphatic carbocycles. The number of piperazine rings is 2. The second kappa shape index (κ2) is 42.9. The Labute approximate surface area is 557 Å². The van der Waals surface area contributed by atoms with Crippen molar-refractivity contribution >= 4 is 47.5 Å². The molecule has 35 heteroatoms. The van der Waals surface area contributed by atoms with Crippen molar-refractivity contribution in [1.29, 1.82) is 10.8 Å². The fourth-order valence-corrected chi connectivity index (χ4v) is 11.1. The third-order valence-electron chi connectivity index (χ3n) is 15.9. The van der Waals surface area contributed by atoms with Gasteiger partial charge < -0.3 is 126 Å². The summed E-state index contributed by atoms with van der Waals surface area (Å²) in [6, 6.07) is 3.11. The maximum absolute atomic E-state index is 13.1. The van der Waals surface area contributed by atoms with E-state index >= 15 is 0 Å². The van der Waals surface area contributed by atoms with Crippen LogP contribution in [-0.2, 0) is 79.5 Å². The summed E-state index contributed by atoms with van der Waals surface area (Å²) in [5.41, 5.74) is 18.8. The summed E-state index contributed by atoms with van der Waals surface area (Å²) in [6.45, 7) is 10.5. The maximum Gasteiger partial charge on any atom is 0.370 e. The van der Waals surface area contributed by atoms with E-state index in [1.54, 1.807) is 0 Å². The number of hydrogen-bond acceptors (Lipinski definition) is 25. The van der Waals surface area contributed by atoms with E-state index in [1.807, 2.05) is 0 Å². The van der Waals surface area contributed by atoms with Crippen LogP contribution in [0.3, 0.4) is 0 Å². The summed E-state index contributed by atoms with van der Waals surface area (Å²) < 4.78 is 51.0. The van der Waals surface area contributed by atoms with Crippen LogP contribution in [0.25, 0.3) is 0 Å². The zero-order valence-electron chi connectivity index (χ0n) is 54.4. The Morgan fingerprint density at radius 1 is 0.667 bits per heavy atom. The molecular weight excluding hydrogens is 1260 g/mol. The highest BCUT2D eigenvalue weighted by Gasteiger charge is 2.46. The monoisotopic (exact) mass is 1360 g/mol. The van der Waals surface area contributed by atoms with E-state index in [1.165, 1.54) is 6.92 Å². The minimum atomic E-state index is -1.67. The Morgan fingerprint density at radius 3 is 1.59 bits per heavy atom. The lowest BCUT2D eigenvalue weighted by Gasteiger charge is -2.41. The lowest BCUT2D eigenvalue weighted by atomic mass is 9.91. The van der Waals surface area contributed by atoms with Gasteiger partial charge in [-0.3, -0.25) is 39.8 Å². The van der Waals surface area contributed by atoms with Crippen LogP contribution >= 0.6 is 0 Å². The lowest BCUT2D eigenvalue weighted by molar-refractivity contribution is -0.159. The van der Waals surface area contributed by atoms with Gasteiger partial charge in [-0.1, -0.05) is 12.0 Å². The molecule has 1 aromatic rings. The van der Waals surface area contributed by atoms with Crippen molar-refractivity contribution < 1.29 is 102 Å². The molecule has 35 nitrogen and oxygen atoms in total. The van der Waals surface area contributed by atoms with Crippen LogP contribution in [0.2, 0.25) is 0 Å². The molecule has 0 bridgehead atoms. The minimum absolute atomic E-state index is 0.138. The van der Waals surface area contributed by atoms with Gasteiger partial charge in [0, 0.05) is 105 Å². The number of carbonyl (C=O) groups is 6. The highest BCUT2D eigenvalue weighted by atomic mass is 16.6. The van der Waals surface area contributed by atoms with Crippen LogP contribution in [0.1, 0.15) is 24.5 Å². The molecule has 4 amide bonds. The summed E-state index contributed by atoms with van der Waals surface area (Å²) in [7, 11) is 0. The number of carboxylic acids is 2. The maximum atomic E-state index is 13.1. The molecular formula is C61H98N14O21. The summed E-state index contributed by atoms with van der Waals surface area (Å²) in [5.74, 6) is -4.60. The van der Waals surface area contributed by atoms with Gasteiger partial charge in [0.1, 0.15) is 69.2 Å². The molecule has 2 fully saturated rings. The number of nitrogens with two attached hydrogens (primary N) is 3. The fraction of sp³-hybridized carbons (Fsp3) is 0.672. The molecule has 1 aromatic carbocycles. The summed E-state index contributed by atoms with van der Waals surface area (Å²) in [4.78, 5) is 84.3. The number of primary amides is 1. The van der Waals surface area contributed by atoms with Crippen LogP contribution in [0.4, 0.5) is 0 Å². The van der Waals surface area contributed by atoms with E-state index in [2.05, 4.69) is 65.0 Å². The van der Waals surface area contributed by atoms with Crippen LogP contribution in [0.5, 0.6) is 5.75 Å². The van der Waals surface area contributed by atoms with Gasteiger partial charge in [0.05, 0.1) is 77.6 Å². The standard InChI is InChI=1S/C61H98N14O21/c1-3-20-88-21-22-89-23-24-90-25-26-91-27-28-92-44-30-41(4-8-71-12-16-73(17-13-71)10-6-67-52(82)38-93-55(46(79)36-76)48-32-43(33-49(95-48)58(84)85)75(61(65)66)35-51(62)81)29-42(31-44)5-9-72-14-18-74(19-15-72)11-7-68-53(83)39-94-56(47(80)37-77)57-54(69-40(2)78)45(70-60(63)64)34-50(96-57)59(86)87/h1,29-31,33-34,43,45-48,54-57,76-77,79-80H,4-28,32,35-39H2,2H3,(H2,62,81)(H3,65,66)(H,67,82)(H,68,83)(H,69,78)(H,84,85)(H,86,87)(H4,63,64,70)/t43-,45+,46-,47-,48-,54-,55-,56-,57-/m1/s1. The average Bonchev–Trinajstić information content (AvgIpc) is 0.804. The van der Waals surface area contributed by atoms with Crippen molar-refractivity contribution in [1.82, 2.24) is 45.8 Å². The van der Waals surface area contributed by atoms with E-state index in [-0.39, 0.29) is 26.1 Å². The van der Waals surface area contributed by atoms with Crippen molar-refractivity contribution in [3.05, 3.63) is 53.0 Å². The molecule has 18 N–H and O–H groups in total. The Morgan fingerprint density at radius 2 is 1.14 bits per heavy atom. The Kier molecular flexibility index (Phi) is 35.4. The predicted molar refractivity (Wildman–Crippen MR) is 343 cm³/mol. The summed E-state index contributed by atoms with van der Waals surface area (Å²) in [5, 5.41) is 87.1. The van der Waals surface area contributed by atoms with E-state index in [0.717, 1.165) is 112 Å². The van der Waals surface area contributed by atoms with E-state index in [4.69, 9.17) is 77.1 Å². The number of amides is 4. The first kappa shape index (κ1) is 79.2. The number of aliphatic carboxylic acids is 2. The smallest absolute Gasteiger partial charge is 0.370 e.